The Balaban J connectivity index is 2.28. The zero-order valence-electron chi connectivity index (χ0n) is 14.3. The fourth-order valence-electron chi connectivity index (χ4n) is 3.88. The molecule has 0 aliphatic heterocycles. The van der Waals surface area contributed by atoms with Gasteiger partial charge in [0, 0.05) is 0 Å². The molecule has 0 heterocycles. The van der Waals surface area contributed by atoms with Crippen LogP contribution in [0.5, 0.6) is 0 Å². The molecule has 1 aromatic rings. The lowest BCUT2D eigenvalue weighted by Crippen LogP contribution is -2.48. The SMILES string of the molecule is CC(C)/C=C/[C@@H](C1CCCCC1)[Si](C)(C)c1ccccc1. The van der Waals surface area contributed by atoms with Crippen molar-refractivity contribution in [2.24, 2.45) is 11.8 Å². The number of allylic oxidation sites excluding steroid dienone is 2. The van der Waals surface area contributed by atoms with Crippen LogP contribution in [0.3, 0.4) is 0 Å². The summed E-state index contributed by atoms with van der Waals surface area (Å²) in [5, 5.41) is 1.62. The third-order valence-corrected chi connectivity index (χ3v) is 9.36. The Kier molecular flexibility index (Phi) is 5.86. The summed E-state index contributed by atoms with van der Waals surface area (Å²) >= 11 is 0. The maximum atomic E-state index is 2.60. The molecular weight excluding hydrogens is 268 g/mol. The highest BCUT2D eigenvalue weighted by atomic mass is 28.3. The van der Waals surface area contributed by atoms with Crippen LogP contribution in [-0.2, 0) is 0 Å². The van der Waals surface area contributed by atoms with Crippen LogP contribution in [0.2, 0.25) is 18.6 Å². The van der Waals surface area contributed by atoms with Crippen LogP contribution < -0.4 is 5.19 Å². The molecule has 1 atom stereocenters. The molecular formula is C20H32Si. The molecule has 1 saturated carbocycles. The summed E-state index contributed by atoms with van der Waals surface area (Å²) < 4.78 is 0. The summed E-state index contributed by atoms with van der Waals surface area (Å²) in [6, 6.07) is 11.3. The second-order valence-electron chi connectivity index (χ2n) is 7.64. The Morgan fingerprint density at radius 1 is 0.952 bits per heavy atom. The molecule has 0 saturated heterocycles. The molecule has 0 unspecified atom stereocenters. The zero-order valence-corrected chi connectivity index (χ0v) is 15.3. The molecule has 1 heteroatoms. The number of benzene rings is 1. The molecule has 0 amide bonds. The molecule has 0 N–H and O–H groups in total. The number of rotatable bonds is 5. The highest BCUT2D eigenvalue weighted by Gasteiger charge is 2.37. The smallest absolute Gasteiger partial charge is 0.0872 e. The van der Waals surface area contributed by atoms with Crippen molar-refractivity contribution in [2.75, 3.05) is 0 Å². The molecule has 0 nitrogen and oxygen atoms in total. The van der Waals surface area contributed by atoms with E-state index in [4.69, 9.17) is 0 Å². The topological polar surface area (TPSA) is 0 Å². The molecule has 21 heavy (non-hydrogen) atoms. The van der Waals surface area contributed by atoms with E-state index in [1.807, 2.05) is 0 Å². The van der Waals surface area contributed by atoms with E-state index in [-0.39, 0.29) is 0 Å². The maximum absolute atomic E-state index is 2.60. The minimum Gasteiger partial charge on any atom is -0.0872 e. The van der Waals surface area contributed by atoms with Crippen molar-refractivity contribution in [3.8, 4) is 0 Å². The predicted molar refractivity (Wildman–Crippen MR) is 97.9 cm³/mol. The van der Waals surface area contributed by atoms with Crippen molar-refractivity contribution in [1.82, 2.24) is 0 Å². The minimum absolute atomic E-state index is 0.664. The molecule has 116 valence electrons. The first-order valence-electron chi connectivity index (χ1n) is 8.75. The van der Waals surface area contributed by atoms with Crippen molar-refractivity contribution in [3.63, 3.8) is 0 Å². The largest absolute Gasteiger partial charge is 0.0876 e. The van der Waals surface area contributed by atoms with E-state index < -0.39 is 8.07 Å². The summed E-state index contributed by atoms with van der Waals surface area (Å²) in [6.45, 7) is 9.75. The van der Waals surface area contributed by atoms with Gasteiger partial charge in [-0.1, -0.05) is 107 Å². The van der Waals surface area contributed by atoms with Crippen LogP contribution in [0.25, 0.3) is 0 Å². The van der Waals surface area contributed by atoms with Gasteiger partial charge in [-0.2, -0.15) is 0 Å². The molecule has 1 aliphatic carbocycles. The maximum Gasteiger partial charge on any atom is 0.0876 e. The first kappa shape index (κ1) is 16.5. The lowest BCUT2D eigenvalue weighted by atomic mass is 9.86. The van der Waals surface area contributed by atoms with E-state index >= 15 is 0 Å². The molecule has 0 aromatic heterocycles. The van der Waals surface area contributed by atoms with E-state index in [0.717, 1.165) is 11.5 Å². The molecule has 1 aliphatic rings. The van der Waals surface area contributed by atoms with Crippen LogP contribution in [0, 0.1) is 11.8 Å². The average Bonchev–Trinajstić information content (AvgIpc) is 2.49. The van der Waals surface area contributed by atoms with E-state index in [9.17, 15) is 0 Å². The van der Waals surface area contributed by atoms with E-state index in [1.54, 1.807) is 5.19 Å². The van der Waals surface area contributed by atoms with Crippen LogP contribution in [-0.4, -0.2) is 8.07 Å². The molecule has 0 bridgehead atoms. The van der Waals surface area contributed by atoms with Gasteiger partial charge < -0.3 is 0 Å². The van der Waals surface area contributed by atoms with Gasteiger partial charge in [0.15, 0.2) is 0 Å². The van der Waals surface area contributed by atoms with Gasteiger partial charge in [-0.3, -0.25) is 0 Å². The Labute approximate surface area is 132 Å². The Morgan fingerprint density at radius 3 is 2.14 bits per heavy atom. The lowest BCUT2D eigenvalue weighted by molar-refractivity contribution is 0.357. The third kappa shape index (κ3) is 4.32. The fourth-order valence-corrected chi connectivity index (χ4v) is 7.42. The van der Waals surface area contributed by atoms with Crippen molar-refractivity contribution in [2.45, 2.75) is 64.6 Å². The van der Waals surface area contributed by atoms with Crippen LogP contribution in [0.4, 0.5) is 0 Å². The van der Waals surface area contributed by atoms with Crippen molar-refractivity contribution in [3.05, 3.63) is 42.5 Å². The number of hydrogen-bond acceptors (Lipinski definition) is 0. The monoisotopic (exact) mass is 300 g/mol. The van der Waals surface area contributed by atoms with Gasteiger partial charge >= 0.3 is 0 Å². The molecule has 2 rings (SSSR count). The fraction of sp³-hybridized carbons (Fsp3) is 0.600. The minimum atomic E-state index is -1.45. The van der Waals surface area contributed by atoms with Crippen molar-refractivity contribution in [1.29, 1.82) is 0 Å². The second-order valence-corrected chi connectivity index (χ2v) is 12.3. The first-order chi connectivity index (χ1) is 10.0. The van der Waals surface area contributed by atoms with Gasteiger partial charge in [0.1, 0.15) is 0 Å². The van der Waals surface area contributed by atoms with Gasteiger partial charge in [0.25, 0.3) is 0 Å². The van der Waals surface area contributed by atoms with E-state index in [0.29, 0.717) is 5.92 Å². The standard InChI is InChI=1S/C20H32Si/c1-17(2)15-16-20(18-11-7-5-8-12-18)21(3,4)19-13-9-6-10-14-19/h6,9-10,13-18,20H,5,7-8,11-12H2,1-4H3/b16-15+/t20-/m0/s1. The molecule has 1 fully saturated rings. The summed E-state index contributed by atoms with van der Waals surface area (Å²) in [6.07, 6.45) is 12.3. The summed E-state index contributed by atoms with van der Waals surface area (Å²) in [4.78, 5) is 0. The quantitative estimate of drug-likeness (QED) is 0.479. The van der Waals surface area contributed by atoms with Gasteiger partial charge in [-0.15, -0.1) is 0 Å². The highest BCUT2D eigenvalue weighted by molar-refractivity contribution is 6.91. The van der Waals surface area contributed by atoms with Gasteiger partial charge in [0.05, 0.1) is 8.07 Å². The zero-order chi connectivity index (χ0) is 15.3. The highest BCUT2D eigenvalue weighted by Crippen LogP contribution is 2.40. The van der Waals surface area contributed by atoms with Gasteiger partial charge in [-0.25, -0.2) is 0 Å². The second kappa shape index (κ2) is 7.44. The van der Waals surface area contributed by atoms with Crippen molar-refractivity contribution < 1.29 is 0 Å². The summed E-state index contributed by atoms with van der Waals surface area (Å²) in [5.41, 5.74) is 0.794. The first-order valence-corrected chi connectivity index (χ1v) is 11.8. The Bertz CT molecular complexity index is 438. The Hall–Kier alpha value is -0.823. The number of hydrogen-bond donors (Lipinski definition) is 0. The van der Waals surface area contributed by atoms with E-state index in [2.05, 4.69) is 69.4 Å². The Morgan fingerprint density at radius 2 is 1.57 bits per heavy atom. The average molecular weight is 301 g/mol. The molecule has 0 spiro atoms. The van der Waals surface area contributed by atoms with Crippen molar-refractivity contribution >= 4 is 13.3 Å². The van der Waals surface area contributed by atoms with Crippen LogP contribution in [0.15, 0.2) is 42.5 Å². The van der Waals surface area contributed by atoms with Gasteiger partial charge in [-0.05, 0) is 17.4 Å². The predicted octanol–water partition coefficient (Wildman–Crippen LogP) is 5.76. The normalized spacial score (nSPS) is 19.3. The molecule has 0 radical (unpaired) electrons. The lowest BCUT2D eigenvalue weighted by Gasteiger charge is -2.39. The summed E-state index contributed by atoms with van der Waals surface area (Å²) in [7, 11) is -1.45. The van der Waals surface area contributed by atoms with Gasteiger partial charge in [0.2, 0.25) is 0 Å². The third-order valence-electron chi connectivity index (χ3n) is 5.21. The van der Waals surface area contributed by atoms with Crippen LogP contribution >= 0.6 is 0 Å². The summed E-state index contributed by atoms with van der Waals surface area (Å²) in [5.74, 6) is 1.58. The van der Waals surface area contributed by atoms with Crippen LogP contribution in [0.1, 0.15) is 46.0 Å². The van der Waals surface area contributed by atoms with E-state index in [1.165, 1.54) is 32.1 Å². The molecule has 1 aromatic carbocycles.